The van der Waals surface area contributed by atoms with E-state index < -0.39 is 0 Å². The molecule has 1 aromatic carbocycles. The standard InChI is InChI=1S/C20H26N2O2S/c1-15-4-6-16(7-5-15)17-8-13-25-18(17)19(23)21-14-20(2,3)22-9-11-24-12-10-22/h4-8,13H,9-12,14H2,1-3H3,(H,21,23). The summed E-state index contributed by atoms with van der Waals surface area (Å²) in [6.07, 6.45) is 0. The van der Waals surface area contributed by atoms with Gasteiger partial charge in [0.05, 0.1) is 18.1 Å². The van der Waals surface area contributed by atoms with Crippen molar-refractivity contribution in [1.29, 1.82) is 0 Å². The number of nitrogens with one attached hydrogen (secondary N) is 1. The predicted molar refractivity (Wildman–Crippen MR) is 103 cm³/mol. The van der Waals surface area contributed by atoms with Crippen LogP contribution in [0.25, 0.3) is 11.1 Å². The van der Waals surface area contributed by atoms with Gasteiger partial charge in [0, 0.05) is 30.7 Å². The molecule has 0 bridgehead atoms. The zero-order valence-electron chi connectivity index (χ0n) is 15.2. The second-order valence-electron chi connectivity index (χ2n) is 7.12. The number of hydrogen-bond donors (Lipinski definition) is 1. The van der Waals surface area contributed by atoms with Gasteiger partial charge in [-0.1, -0.05) is 29.8 Å². The zero-order chi connectivity index (χ0) is 17.9. The summed E-state index contributed by atoms with van der Waals surface area (Å²) >= 11 is 1.50. The van der Waals surface area contributed by atoms with Crippen molar-refractivity contribution < 1.29 is 9.53 Å². The van der Waals surface area contributed by atoms with E-state index in [2.05, 4.69) is 55.3 Å². The maximum atomic E-state index is 12.8. The lowest BCUT2D eigenvalue weighted by Crippen LogP contribution is -2.55. The number of thiophene rings is 1. The smallest absolute Gasteiger partial charge is 0.262 e. The highest BCUT2D eigenvalue weighted by Crippen LogP contribution is 2.28. The Morgan fingerprint density at radius 3 is 2.56 bits per heavy atom. The lowest BCUT2D eigenvalue weighted by atomic mass is 10.0. The van der Waals surface area contributed by atoms with Crippen LogP contribution in [0, 0.1) is 6.92 Å². The molecule has 0 spiro atoms. The third-order valence-corrected chi connectivity index (χ3v) is 5.70. The number of amides is 1. The molecule has 0 atom stereocenters. The Morgan fingerprint density at radius 2 is 1.88 bits per heavy atom. The van der Waals surface area contributed by atoms with Crippen molar-refractivity contribution in [1.82, 2.24) is 10.2 Å². The van der Waals surface area contributed by atoms with Crippen molar-refractivity contribution in [3.05, 3.63) is 46.2 Å². The van der Waals surface area contributed by atoms with E-state index in [-0.39, 0.29) is 11.4 Å². The van der Waals surface area contributed by atoms with Gasteiger partial charge in [0.15, 0.2) is 0 Å². The summed E-state index contributed by atoms with van der Waals surface area (Å²) in [6, 6.07) is 10.3. The van der Waals surface area contributed by atoms with Crippen LogP contribution < -0.4 is 5.32 Å². The predicted octanol–water partition coefficient (Wildman–Crippen LogP) is 3.56. The summed E-state index contributed by atoms with van der Waals surface area (Å²) in [5.41, 5.74) is 3.23. The highest BCUT2D eigenvalue weighted by Gasteiger charge is 2.29. The van der Waals surface area contributed by atoms with Crippen molar-refractivity contribution in [3.8, 4) is 11.1 Å². The molecule has 4 nitrogen and oxygen atoms in total. The molecule has 1 fully saturated rings. The quantitative estimate of drug-likeness (QED) is 0.888. The Kier molecular flexibility index (Phi) is 5.57. The number of rotatable bonds is 5. The Morgan fingerprint density at radius 1 is 1.20 bits per heavy atom. The number of aryl methyl sites for hydroxylation is 1. The Balaban J connectivity index is 1.68. The Bertz CT molecular complexity index is 716. The van der Waals surface area contributed by atoms with E-state index in [1.165, 1.54) is 16.9 Å². The number of ether oxygens (including phenoxy) is 1. The second kappa shape index (κ2) is 7.68. The first-order valence-electron chi connectivity index (χ1n) is 8.73. The molecule has 0 aliphatic carbocycles. The largest absolute Gasteiger partial charge is 0.379 e. The van der Waals surface area contributed by atoms with Gasteiger partial charge < -0.3 is 10.1 Å². The Labute approximate surface area is 153 Å². The molecule has 0 unspecified atom stereocenters. The number of hydrogen-bond acceptors (Lipinski definition) is 4. The molecule has 0 radical (unpaired) electrons. The minimum atomic E-state index is -0.0826. The average molecular weight is 359 g/mol. The van der Waals surface area contributed by atoms with Crippen LogP contribution in [-0.4, -0.2) is 49.2 Å². The van der Waals surface area contributed by atoms with Crippen LogP contribution in [0.5, 0.6) is 0 Å². The van der Waals surface area contributed by atoms with Crippen molar-refractivity contribution >= 4 is 17.2 Å². The van der Waals surface area contributed by atoms with Crippen LogP contribution in [0.2, 0.25) is 0 Å². The minimum Gasteiger partial charge on any atom is -0.379 e. The lowest BCUT2D eigenvalue weighted by Gasteiger charge is -2.40. The van der Waals surface area contributed by atoms with E-state index in [0.29, 0.717) is 6.54 Å². The van der Waals surface area contributed by atoms with Gasteiger partial charge in [-0.25, -0.2) is 0 Å². The number of morpholine rings is 1. The first-order valence-corrected chi connectivity index (χ1v) is 9.61. The van der Waals surface area contributed by atoms with Gasteiger partial charge in [-0.3, -0.25) is 9.69 Å². The summed E-state index contributed by atoms with van der Waals surface area (Å²) in [5.74, 6) is 0.00640. The van der Waals surface area contributed by atoms with E-state index >= 15 is 0 Å². The number of carbonyl (C=O) groups excluding carboxylic acids is 1. The molecule has 1 saturated heterocycles. The third-order valence-electron chi connectivity index (χ3n) is 4.78. The normalized spacial score (nSPS) is 16.0. The monoisotopic (exact) mass is 358 g/mol. The SMILES string of the molecule is Cc1ccc(-c2ccsc2C(=O)NCC(C)(C)N2CCOCC2)cc1. The fraction of sp³-hybridized carbons (Fsp3) is 0.450. The molecule has 5 heteroatoms. The molecule has 25 heavy (non-hydrogen) atoms. The fourth-order valence-electron chi connectivity index (χ4n) is 3.10. The van der Waals surface area contributed by atoms with Crippen LogP contribution in [0.15, 0.2) is 35.7 Å². The molecular formula is C20H26N2O2S. The van der Waals surface area contributed by atoms with E-state index in [0.717, 1.165) is 42.3 Å². The van der Waals surface area contributed by atoms with E-state index in [4.69, 9.17) is 4.74 Å². The fourth-order valence-corrected chi connectivity index (χ4v) is 3.94. The van der Waals surface area contributed by atoms with Crippen molar-refractivity contribution in [2.24, 2.45) is 0 Å². The maximum absolute atomic E-state index is 12.8. The highest BCUT2D eigenvalue weighted by molar-refractivity contribution is 7.12. The van der Waals surface area contributed by atoms with Gasteiger partial charge in [0.25, 0.3) is 5.91 Å². The number of benzene rings is 1. The molecule has 1 aromatic heterocycles. The van der Waals surface area contributed by atoms with Gasteiger partial charge in [-0.05, 0) is 37.8 Å². The summed E-state index contributed by atoms with van der Waals surface area (Å²) in [5, 5.41) is 5.12. The first kappa shape index (κ1) is 18.1. The minimum absolute atomic E-state index is 0.00640. The van der Waals surface area contributed by atoms with E-state index in [9.17, 15) is 4.79 Å². The Hall–Kier alpha value is -1.69. The topological polar surface area (TPSA) is 41.6 Å². The summed E-state index contributed by atoms with van der Waals surface area (Å²) < 4.78 is 5.43. The summed E-state index contributed by atoms with van der Waals surface area (Å²) in [6.45, 7) is 10.4. The highest BCUT2D eigenvalue weighted by atomic mass is 32.1. The van der Waals surface area contributed by atoms with Crippen molar-refractivity contribution in [2.75, 3.05) is 32.8 Å². The maximum Gasteiger partial charge on any atom is 0.262 e. The van der Waals surface area contributed by atoms with Crippen LogP contribution in [0.1, 0.15) is 29.1 Å². The van der Waals surface area contributed by atoms with Gasteiger partial charge in [0.1, 0.15) is 0 Å². The third kappa shape index (κ3) is 4.29. The van der Waals surface area contributed by atoms with Gasteiger partial charge in [-0.15, -0.1) is 11.3 Å². The molecule has 134 valence electrons. The van der Waals surface area contributed by atoms with Crippen LogP contribution in [0.3, 0.4) is 0 Å². The van der Waals surface area contributed by atoms with Crippen molar-refractivity contribution in [3.63, 3.8) is 0 Å². The zero-order valence-corrected chi connectivity index (χ0v) is 16.0. The molecular weight excluding hydrogens is 332 g/mol. The number of nitrogens with zero attached hydrogens (tertiary/aromatic N) is 1. The van der Waals surface area contributed by atoms with Gasteiger partial charge >= 0.3 is 0 Å². The van der Waals surface area contributed by atoms with E-state index in [1.54, 1.807) is 0 Å². The first-order chi connectivity index (χ1) is 12.0. The molecule has 2 heterocycles. The molecule has 0 saturated carbocycles. The lowest BCUT2D eigenvalue weighted by molar-refractivity contribution is -0.00922. The van der Waals surface area contributed by atoms with Crippen molar-refractivity contribution in [2.45, 2.75) is 26.3 Å². The van der Waals surface area contributed by atoms with Crippen LogP contribution in [0.4, 0.5) is 0 Å². The summed E-state index contributed by atoms with van der Waals surface area (Å²) in [4.78, 5) is 15.9. The molecule has 1 aliphatic rings. The van der Waals surface area contributed by atoms with Gasteiger partial charge in [0.2, 0.25) is 0 Å². The molecule has 1 N–H and O–H groups in total. The molecule has 1 aliphatic heterocycles. The van der Waals surface area contributed by atoms with Crippen LogP contribution >= 0.6 is 11.3 Å². The molecule has 2 aromatic rings. The molecule has 3 rings (SSSR count). The number of carbonyl (C=O) groups is 1. The van der Waals surface area contributed by atoms with Crippen LogP contribution in [-0.2, 0) is 4.74 Å². The van der Waals surface area contributed by atoms with Gasteiger partial charge in [-0.2, -0.15) is 0 Å². The summed E-state index contributed by atoms with van der Waals surface area (Å²) in [7, 11) is 0. The van der Waals surface area contributed by atoms with E-state index in [1.807, 2.05) is 11.4 Å². The second-order valence-corrected chi connectivity index (χ2v) is 8.04. The average Bonchev–Trinajstić information content (AvgIpc) is 3.11. The molecule has 1 amide bonds.